The molecule has 342 valence electrons. The molecule has 0 bridgehead atoms. The zero-order chi connectivity index (χ0) is 46.3. The fourth-order valence-electron chi connectivity index (χ4n) is 7.63. The highest BCUT2D eigenvalue weighted by Crippen LogP contribution is 2.44. The van der Waals surface area contributed by atoms with E-state index in [1.165, 1.54) is 12.0 Å². The summed E-state index contributed by atoms with van der Waals surface area (Å²) in [5.74, 6) is -5.77. The number of nitrogens with zero attached hydrogens (tertiary/aromatic N) is 1. The number of carbonyl (C=O) groups excluding carboxylic acids is 5. The minimum atomic E-state index is -2.34. The Balaban J connectivity index is 1.53. The zero-order valence-corrected chi connectivity index (χ0v) is 39.4. The van der Waals surface area contributed by atoms with Crippen molar-refractivity contribution in [2.45, 2.75) is 136 Å². The topological polar surface area (TPSA) is 199 Å². The van der Waals surface area contributed by atoms with Gasteiger partial charge in [-0.05, 0) is 64.6 Å². The van der Waals surface area contributed by atoms with Gasteiger partial charge in [0.1, 0.15) is 30.8 Å². The third-order valence-corrected chi connectivity index (χ3v) is 16.8. The normalized spacial score (nSPS) is 18.6. The molecule has 0 aromatic heterocycles. The lowest BCUT2D eigenvalue weighted by molar-refractivity contribution is -0.169. The number of hydrogen-bond acceptors (Lipinski definition) is 10. The monoisotopic (exact) mass is 880 g/mol. The van der Waals surface area contributed by atoms with Crippen molar-refractivity contribution in [2.75, 3.05) is 26.9 Å². The van der Waals surface area contributed by atoms with Crippen LogP contribution in [0, 0.1) is 17.8 Å². The number of hydrogen-bond donors (Lipinski definition) is 4. The Morgan fingerprint density at radius 1 is 0.823 bits per heavy atom. The van der Waals surface area contributed by atoms with Crippen LogP contribution in [0.4, 0.5) is 4.79 Å². The Kier molecular flexibility index (Phi) is 16.9. The first-order valence-corrected chi connectivity index (χ1v) is 24.5. The molecule has 1 heterocycles. The lowest BCUT2D eigenvalue weighted by Gasteiger charge is -2.45. The molecule has 2 aliphatic rings. The largest absolute Gasteiger partial charge is 0.480 e. The molecule has 4 amide bonds. The average molecular weight is 881 g/mol. The quantitative estimate of drug-likeness (QED) is 0.103. The van der Waals surface area contributed by atoms with Gasteiger partial charge in [0.25, 0.3) is 5.91 Å². The van der Waals surface area contributed by atoms with Gasteiger partial charge in [-0.2, -0.15) is 0 Å². The molecule has 4 rings (SSSR count). The van der Waals surface area contributed by atoms with E-state index in [0.29, 0.717) is 6.42 Å². The van der Waals surface area contributed by atoms with Gasteiger partial charge in [-0.1, -0.05) is 111 Å². The van der Waals surface area contributed by atoms with Crippen molar-refractivity contribution >= 4 is 44.1 Å². The van der Waals surface area contributed by atoms with E-state index in [9.17, 15) is 33.9 Å². The number of esters is 1. The number of piperidine rings is 1. The van der Waals surface area contributed by atoms with Gasteiger partial charge in [0.05, 0.1) is 6.61 Å². The number of amides is 4. The Hall–Kier alpha value is -4.80. The number of nitrogens with one attached hydrogen (secondary N) is 3. The Morgan fingerprint density at radius 3 is 1.89 bits per heavy atom. The van der Waals surface area contributed by atoms with E-state index in [4.69, 9.17) is 18.6 Å². The predicted molar refractivity (Wildman–Crippen MR) is 237 cm³/mol. The summed E-state index contributed by atoms with van der Waals surface area (Å²) >= 11 is 0. The van der Waals surface area contributed by atoms with E-state index in [2.05, 4.69) is 49.8 Å². The summed E-state index contributed by atoms with van der Waals surface area (Å²) in [5.41, 5.74) is 4.23. The fourth-order valence-corrected chi connectivity index (χ4v) is 9.03. The van der Waals surface area contributed by atoms with Gasteiger partial charge < -0.3 is 44.6 Å². The summed E-state index contributed by atoms with van der Waals surface area (Å²) in [6.45, 7) is 20.6. The van der Waals surface area contributed by atoms with Crippen LogP contribution < -0.4 is 16.0 Å². The number of ether oxygens (including phenoxy) is 3. The molecule has 0 spiro atoms. The van der Waals surface area contributed by atoms with Crippen LogP contribution in [0.1, 0.15) is 92.2 Å². The average Bonchev–Trinajstić information content (AvgIpc) is 3.51. The van der Waals surface area contributed by atoms with Crippen molar-refractivity contribution in [3.63, 3.8) is 0 Å². The third-order valence-electron chi connectivity index (χ3n) is 12.2. The molecule has 1 fully saturated rings. The van der Waals surface area contributed by atoms with Gasteiger partial charge >= 0.3 is 18.0 Å². The second kappa shape index (κ2) is 21.0. The molecule has 0 unspecified atom stereocenters. The number of fused-ring (bicyclic) bond motifs is 3. The van der Waals surface area contributed by atoms with Gasteiger partial charge in [0.2, 0.25) is 11.8 Å². The van der Waals surface area contributed by atoms with E-state index in [-0.39, 0.29) is 37.1 Å². The summed E-state index contributed by atoms with van der Waals surface area (Å²) in [6, 6.07) is 11.1. The first-order valence-electron chi connectivity index (χ1n) is 21.6. The highest BCUT2D eigenvalue weighted by molar-refractivity contribution is 6.74. The fraction of sp³-hybridized carbons (Fsp3) is 0.609. The number of carbonyl (C=O) groups is 6. The molecule has 62 heavy (non-hydrogen) atoms. The lowest BCUT2D eigenvalue weighted by Crippen LogP contribution is -2.62. The van der Waals surface area contributed by atoms with Crippen LogP contribution in [0.2, 0.25) is 18.1 Å². The van der Waals surface area contributed by atoms with Gasteiger partial charge in [-0.15, -0.1) is 0 Å². The molecule has 1 saturated heterocycles. The van der Waals surface area contributed by atoms with Crippen LogP contribution in [0.15, 0.2) is 48.5 Å². The molecule has 16 heteroatoms. The number of carboxylic acids is 1. The van der Waals surface area contributed by atoms with Crippen LogP contribution in [-0.4, -0.2) is 117 Å². The van der Waals surface area contributed by atoms with Crippen LogP contribution in [-0.2, 0) is 42.6 Å². The van der Waals surface area contributed by atoms with Crippen molar-refractivity contribution in [3.8, 4) is 11.1 Å². The molecule has 6 atom stereocenters. The molecule has 15 nitrogen and oxygen atoms in total. The van der Waals surface area contributed by atoms with Crippen molar-refractivity contribution in [1.29, 1.82) is 0 Å². The van der Waals surface area contributed by atoms with E-state index in [1.807, 2.05) is 48.5 Å². The minimum absolute atomic E-state index is 0.0378. The van der Waals surface area contributed by atoms with Gasteiger partial charge in [0.15, 0.2) is 14.4 Å². The van der Waals surface area contributed by atoms with Gasteiger partial charge in [0, 0.05) is 32.1 Å². The smallest absolute Gasteiger partial charge is 0.407 e. The zero-order valence-electron chi connectivity index (χ0n) is 38.4. The first kappa shape index (κ1) is 49.8. The summed E-state index contributed by atoms with van der Waals surface area (Å²) in [4.78, 5) is 82.9. The molecule has 0 radical (unpaired) electrons. The molecule has 1 aliphatic heterocycles. The molecule has 4 N–H and O–H groups in total. The number of alkyl carbamates (subject to hydrolysis) is 1. The van der Waals surface area contributed by atoms with Crippen LogP contribution in [0.25, 0.3) is 11.1 Å². The maximum Gasteiger partial charge on any atom is 0.407 e. The third kappa shape index (κ3) is 12.0. The summed E-state index contributed by atoms with van der Waals surface area (Å²) in [5, 5.41) is 17.4. The van der Waals surface area contributed by atoms with Crippen molar-refractivity contribution in [1.82, 2.24) is 20.9 Å². The molecular formula is C46H68N4O11Si. The van der Waals surface area contributed by atoms with Crippen molar-refractivity contribution < 1.29 is 52.5 Å². The number of benzene rings is 2. The maximum atomic E-state index is 14.6. The SMILES string of the molecule is COC[C@H](NC(=O)[C@H]1C[C@@H](O[Si](C)(C)C(C)(C)C)CCN1C(=O)[C@@H](OC(=O)[C@H](NC(=O)OCC1c2ccccc2-c2ccccc21)C(C)C)C(C)C)C(=O)N[C@@H](C(=O)O)C(C)C. The highest BCUT2D eigenvalue weighted by atomic mass is 28.4. The number of likely N-dealkylation sites (tertiary alicyclic amines) is 1. The van der Waals surface area contributed by atoms with Crippen LogP contribution in [0.5, 0.6) is 0 Å². The Morgan fingerprint density at radius 2 is 1.39 bits per heavy atom. The van der Waals surface area contributed by atoms with E-state index in [0.717, 1.165) is 22.3 Å². The molecule has 2 aromatic carbocycles. The number of methoxy groups -OCH3 is 1. The summed E-state index contributed by atoms with van der Waals surface area (Å²) < 4.78 is 23.7. The Bertz CT molecular complexity index is 1880. The summed E-state index contributed by atoms with van der Waals surface area (Å²) in [6.07, 6.45) is -2.08. The van der Waals surface area contributed by atoms with E-state index in [1.54, 1.807) is 41.5 Å². The van der Waals surface area contributed by atoms with Crippen molar-refractivity contribution in [3.05, 3.63) is 59.7 Å². The van der Waals surface area contributed by atoms with Crippen LogP contribution in [0.3, 0.4) is 0 Å². The molecular weight excluding hydrogens is 813 g/mol. The highest BCUT2D eigenvalue weighted by Gasteiger charge is 2.46. The summed E-state index contributed by atoms with van der Waals surface area (Å²) in [7, 11) is -0.996. The predicted octanol–water partition coefficient (Wildman–Crippen LogP) is 5.86. The first-order chi connectivity index (χ1) is 29.0. The lowest BCUT2D eigenvalue weighted by atomic mass is 9.95. The standard InChI is InChI=1S/C46H68N4O11Si/c1-26(2)37(43(54)55)48-40(51)35(25-58-10)47-41(52)36-23-29(61-62(11,12)46(7,8)9)21-22-50(36)42(53)39(28(5)6)60-44(56)38(27(3)4)49-45(57)59-24-34-32-19-15-13-17-30(32)31-18-14-16-20-33(31)34/h13-20,26-29,34-39H,21-25H2,1-12H3,(H,47,52)(H,48,51)(H,49,57)(H,54,55)/t29-,35-,36+,37+,38+,39-/m0/s1. The van der Waals surface area contributed by atoms with E-state index >= 15 is 0 Å². The van der Waals surface area contributed by atoms with Gasteiger partial charge in [-0.25, -0.2) is 14.4 Å². The molecule has 2 aromatic rings. The number of aliphatic carboxylic acids is 1. The molecule has 1 aliphatic carbocycles. The Labute approximate surface area is 367 Å². The second-order valence-corrected chi connectivity index (χ2v) is 23.7. The second-order valence-electron chi connectivity index (χ2n) is 19.0. The maximum absolute atomic E-state index is 14.6. The number of carboxylic acid groups (broad SMARTS) is 1. The van der Waals surface area contributed by atoms with Crippen LogP contribution >= 0.6 is 0 Å². The van der Waals surface area contributed by atoms with Crippen molar-refractivity contribution in [2.24, 2.45) is 17.8 Å². The minimum Gasteiger partial charge on any atom is -0.480 e. The molecule has 0 saturated carbocycles. The van der Waals surface area contributed by atoms with Gasteiger partial charge in [-0.3, -0.25) is 14.4 Å². The number of rotatable bonds is 18. The van der Waals surface area contributed by atoms with E-state index < -0.39 is 98.2 Å².